The lowest BCUT2D eigenvalue weighted by atomic mass is 9.86. The van der Waals surface area contributed by atoms with Crippen LogP contribution in [0.15, 0.2) is 91.3 Å². The first-order valence-electron chi connectivity index (χ1n) is 14.8. The van der Waals surface area contributed by atoms with E-state index in [9.17, 15) is 23.1 Å². The molecule has 0 aliphatic carbocycles. The Morgan fingerprint density at radius 3 is 2.18 bits per heavy atom. The summed E-state index contributed by atoms with van der Waals surface area (Å²) in [5, 5.41) is 10.2. The van der Waals surface area contributed by atoms with Crippen LogP contribution in [-0.4, -0.2) is 44.2 Å². The number of anilines is 1. The average molecular weight is 639 g/mol. The van der Waals surface area contributed by atoms with E-state index in [0.29, 0.717) is 49.6 Å². The number of ether oxygens (including phenoxy) is 1. The predicted molar refractivity (Wildman–Crippen MR) is 166 cm³/mol. The molecule has 11 heteroatoms. The number of halogens is 4. The van der Waals surface area contributed by atoms with Gasteiger partial charge in [0.15, 0.2) is 5.75 Å². The van der Waals surface area contributed by atoms with Gasteiger partial charge in [-0.1, -0.05) is 79.2 Å². The van der Waals surface area contributed by atoms with Crippen molar-refractivity contribution >= 4 is 23.6 Å². The lowest BCUT2D eigenvalue weighted by molar-refractivity contribution is -0.137. The van der Waals surface area contributed by atoms with Gasteiger partial charge in [-0.05, 0) is 60.6 Å². The minimum atomic E-state index is -4.57. The maximum Gasteiger partial charge on any atom is 0.416 e. The Bertz CT molecular complexity index is 1560. The average Bonchev–Trinajstić information content (AvgIpc) is 3.03. The summed E-state index contributed by atoms with van der Waals surface area (Å²) in [5.41, 5.74) is 1.47. The Morgan fingerprint density at radius 2 is 1.58 bits per heavy atom. The Kier molecular flexibility index (Phi) is 10.1. The van der Waals surface area contributed by atoms with Crippen LogP contribution < -0.4 is 9.64 Å². The zero-order chi connectivity index (χ0) is 32.0. The number of hydrogen-bond donors (Lipinski definition) is 1. The van der Waals surface area contributed by atoms with Crippen LogP contribution >= 0.6 is 11.6 Å². The number of rotatable bonds is 10. The van der Waals surface area contributed by atoms with E-state index in [4.69, 9.17) is 16.3 Å². The van der Waals surface area contributed by atoms with E-state index in [1.807, 2.05) is 72.5 Å². The number of piperidine rings is 1. The SMILES string of the molecule is CCC1CC(N(Cc2cc(Cl)cc(C(F)(F)F)c2)c2ncc(OCc3ccccc3)cn2)CC(Cc2ccccc2)N1C(=O)O. The molecule has 0 bridgehead atoms. The second kappa shape index (κ2) is 14.2. The molecule has 1 saturated heterocycles. The van der Waals surface area contributed by atoms with Gasteiger partial charge in [0.1, 0.15) is 6.61 Å². The summed E-state index contributed by atoms with van der Waals surface area (Å²) in [6.45, 7) is 2.30. The molecular formula is C34H34ClF3N4O3. The summed E-state index contributed by atoms with van der Waals surface area (Å²) >= 11 is 6.15. The first-order chi connectivity index (χ1) is 21.6. The molecule has 0 saturated carbocycles. The molecule has 0 radical (unpaired) electrons. The van der Waals surface area contributed by atoms with Gasteiger partial charge in [-0.15, -0.1) is 0 Å². The normalized spacial score (nSPS) is 18.4. The van der Waals surface area contributed by atoms with Gasteiger partial charge < -0.3 is 19.6 Å². The third kappa shape index (κ3) is 8.25. The summed E-state index contributed by atoms with van der Waals surface area (Å²) in [5.74, 6) is 0.747. The predicted octanol–water partition coefficient (Wildman–Crippen LogP) is 8.27. The van der Waals surface area contributed by atoms with Crippen molar-refractivity contribution < 1.29 is 27.8 Å². The molecule has 2 heterocycles. The zero-order valence-electron chi connectivity index (χ0n) is 24.7. The molecule has 1 aliphatic rings. The molecule has 1 fully saturated rings. The quantitative estimate of drug-likeness (QED) is 0.188. The molecule has 0 spiro atoms. The monoisotopic (exact) mass is 638 g/mol. The van der Waals surface area contributed by atoms with Gasteiger partial charge in [0.25, 0.3) is 0 Å². The Balaban J connectivity index is 1.48. The van der Waals surface area contributed by atoms with Gasteiger partial charge in [-0.25, -0.2) is 14.8 Å². The summed E-state index contributed by atoms with van der Waals surface area (Å²) < 4.78 is 47.0. The molecule has 3 aromatic carbocycles. The Hall–Kier alpha value is -4.31. The number of alkyl halides is 3. The van der Waals surface area contributed by atoms with Gasteiger partial charge in [0.05, 0.1) is 18.0 Å². The zero-order valence-corrected chi connectivity index (χ0v) is 25.5. The van der Waals surface area contributed by atoms with Crippen molar-refractivity contribution in [1.29, 1.82) is 0 Å². The van der Waals surface area contributed by atoms with Crippen LogP contribution in [0.3, 0.4) is 0 Å². The fourth-order valence-corrected chi connectivity index (χ4v) is 6.24. The van der Waals surface area contributed by atoms with E-state index < -0.39 is 17.8 Å². The molecule has 4 aromatic rings. The summed E-state index contributed by atoms with van der Waals surface area (Å²) in [6, 6.07) is 21.8. The molecule has 236 valence electrons. The standard InChI is InChI=1S/C34H34ClF3N4O3/c1-2-28-17-29(18-30(42(28)33(43)44)15-23-9-5-3-6-10-23)41(21-25-13-26(34(36,37)38)16-27(35)14-25)32-39-19-31(20-40-32)45-22-24-11-7-4-8-12-24/h3-14,16,19-20,28-30H,2,15,17-18,21-22H2,1H3,(H,43,44). The molecule has 1 N–H and O–H groups in total. The number of aromatic nitrogens is 2. The Labute approximate surface area is 265 Å². The van der Waals surface area contributed by atoms with Gasteiger partial charge in [0, 0.05) is 29.7 Å². The number of carbonyl (C=O) groups is 1. The van der Waals surface area contributed by atoms with E-state index in [-0.39, 0.29) is 29.7 Å². The highest BCUT2D eigenvalue weighted by Gasteiger charge is 2.41. The second-order valence-corrected chi connectivity index (χ2v) is 11.6. The van der Waals surface area contributed by atoms with Gasteiger partial charge in [-0.3, -0.25) is 0 Å². The molecule has 3 atom stereocenters. The number of likely N-dealkylation sites (tertiary alicyclic amines) is 1. The second-order valence-electron chi connectivity index (χ2n) is 11.2. The van der Waals surface area contributed by atoms with Crippen LogP contribution in [0, 0.1) is 0 Å². The maximum absolute atomic E-state index is 13.7. The van der Waals surface area contributed by atoms with Crippen molar-refractivity contribution in [2.24, 2.45) is 0 Å². The van der Waals surface area contributed by atoms with Crippen molar-refractivity contribution in [3.63, 3.8) is 0 Å². The van der Waals surface area contributed by atoms with Crippen LogP contribution in [0.25, 0.3) is 0 Å². The molecule has 1 aromatic heterocycles. The van der Waals surface area contributed by atoms with E-state index in [2.05, 4.69) is 9.97 Å². The number of nitrogens with zero attached hydrogens (tertiary/aromatic N) is 4. The summed E-state index contributed by atoms with van der Waals surface area (Å²) in [6.07, 6.45) is -0.518. The van der Waals surface area contributed by atoms with E-state index in [1.165, 1.54) is 11.0 Å². The minimum Gasteiger partial charge on any atom is -0.486 e. The molecule has 45 heavy (non-hydrogen) atoms. The van der Waals surface area contributed by atoms with Gasteiger partial charge in [-0.2, -0.15) is 13.2 Å². The van der Waals surface area contributed by atoms with Crippen LogP contribution in [0.2, 0.25) is 5.02 Å². The van der Waals surface area contributed by atoms with E-state index >= 15 is 0 Å². The number of benzene rings is 3. The molecular weight excluding hydrogens is 605 g/mol. The maximum atomic E-state index is 13.7. The van der Waals surface area contributed by atoms with Crippen molar-refractivity contribution in [3.05, 3.63) is 119 Å². The molecule has 1 aliphatic heterocycles. The smallest absolute Gasteiger partial charge is 0.416 e. The van der Waals surface area contributed by atoms with E-state index in [1.54, 1.807) is 12.4 Å². The van der Waals surface area contributed by atoms with Crippen LogP contribution in [0.5, 0.6) is 5.75 Å². The molecule has 3 unspecified atom stereocenters. The van der Waals surface area contributed by atoms with Crippen molar-refractivity contribution in [2.45, 2.75) is 70.1 Å². The van der Waals surface area contributed by atoms with Crippen LogP contribution in [0.1, 0.15) is 48.4 Å². The molecule has 1 amide bonds. The molecule has 7 nitrogen and oxygen atoms in total. The topological polar surface area (TPSA) is 78.8 Å². The van der Waals surface area contributed by atoms with Gasteiger partial charge in [0.2, 0.25) is 5.95 Å². The third-order valence-electron chi connectivity index (χ3n) is 8.08. The van der Waals surface area contributed by atoms with Crippen LogP contribution in [0.4, 0.5) is 23.9 Å². The fraction of sp³-hybridized carbons (Fsp3) is 0.324. The number of carboxylic acid groups (broad SMARTS) is 1. The third-order valence-corrected chi connectivity index (χ3v) is 8.30. The highest BCUT2D eigenvalue weighted by molar-refractivity contribution is 6.30. The van der Waals surface area contributed by atoms with Gasteiger partial charge >= 0.3 is 12.3 Å². The first kappa shape index (κ1) is 32.1. The summed E-state index contributed by atoms with van der Waals surface area (Å²) in [4.78, 5) is 25.0. The van der Waals surface area contributed by atoms with Crippen molar-refractivity contribution in [2.75, 3.05) is 4.90 Å². The largest absolute Gasteiger partial charge is 0.486 e. The first-order valence-corrected chi connectivity index (χ1v) is 15.2. The van der Waals surface area contributed by atoms with Crippen LogP contribution in [-0.2, 0) is 25.7 Å². The minimum absolute atomic E-state index is 0.0283. The fourth-order valence-electron chi connectivity index (χ4n) is 5.99. The lowest BCUT2D eigenvalue weighted by Crippen LogP contribution is -2.57. The van der Waals surface area contributed by atoms with Crippen molar-refractivity contribution in [3.8, 4) is 5.75 Å². The van der Waals surface area contributed by atoms with E-state index in [0.717, 1.165) is 23.3 Å². The highest BCUT2D eigenvalue weighted by atomic mass is 35.5. The number of hydrogen-bond acceptors (Lipinski definition) is 5. The van der Waals surface area contributed by atoms with Crippen molar-refractivity contribution in [1.82, 2.24) is 14.9 Å². The summed E-state index contributed by atoms with van der Waals surface area (Å²) in [7, 11) is 0. The number of amides is 1. The highest BCUT2D eigenvalue weighted by Crippen LogP contribution is 2.36. The lowest BCUT2D eigenvalue weighted by Gasteiger charge is -2.47. The Morgan fingerprint density at radius 1 is 0.956 bits per heavy atom. The molecule has 5 rings (SSSR count).